The van der Waals surface area contributed by atoms with Crippen LogP contribution in [0, 0.1) is 22.9 Å². The molecule has 0 aliphatic rings. The lowest BCUT2D eigenvalue weighted by Crippen LogP contribution is -2.35. The molecule has 2 amide bonds. The molecule has 6 heteroatoms. The van der Waals surface area contributed by atoms with E-state index in [2.05, 4.69) is 0 Å². The first-order chi connectivity index (χ1) is 4.72. The summed E-state index contributed by atoms with van der Waals surface area (Å²) < 4.78 is 0. The van der Waals surface area contributed by atoms with Gasteiger partial charge in [0, 0.05) is 0 Å². The minimum Gasteiger partial charge on any atom is -0.262 e. The second-order valence-corrected chi connectivity index (χ2v) is 1.13. The summed E-state index contributed by atoms with van der Waals surface area (Å²) in [6, 6.07) is 0. The number of carbonyl (C=O) groups is 2. The van der Waals surface area contributed by atoms with Crippen molar-refractivity contribution in [2.24, 2.45) is 0 Å². The second-order valence-electron chi connectivity index (χ2n) is 1.13. The molecule has 0 unspecified atom stereocenters. The first-order valence-corrected chi connectivity index (χ1v) is 2.11. The van der Waals surface area contributed by atoms with E-state index in [-0.39, 0.29) is 0 Å². The van der Waals surface area contributed by atoms with Gasteiger partial charge in [0.2, 0.25) is 0 Å². The van der Waals surface area contributed by atoms with Crippen molar-refractivity contribution in [3.05, 3.63) is 0 Å². The minimum atomic E-state index is -1.15. The Kier molecular flexibility index (Phi) is 3.06. The van der Waals surface area contributed by atoms with Gasteiger partial charge < -0.3 is 0 Å². The Balaban J connectivity index is 3.89. The van der Waals surface area contributed by atoms with E-state index in [4.69, 9.17) is 10.5 Å². The lowest BCUT2D eigenvalue weighted by molar-refractivity contribution is -0.137. The topological polar surface area (TPSA) is 106 Å². The van der Waals surface area contributed by atoms with Crippen LogP contribution in [0.15, 0.2) is 0 Å². The maximum Gasteiger partial charge on any atom is 0.323 e. The third-order valence-electron chi connectivity index (χ3n) is 0.545. The molecule has 0 aromatic rings. The summed E-state index contributed by atoms with van der Waals surface area (Å²) in [5.41, 5.74) is 0. The van der Waals surface area contributed by atoms with Crippen molar-refractivity contribution in [3.63, 3.8) is 0 Å². The largest absolute Gasteiger partial charge is 0.323 e. The summed E-state index contributed by atoms with van der Waals surface area (Å²) in [6.45, 7) is 0. The Bertz CT molecular complexity index is 207. The molecular formula is C4H2N4O2. The Hall–Kier alpha value is -2.08. The molecule has 6 nitrogen and oxygen atoms in total. The maximum absolute atomic E-state index is 10.2. The van der Waals surface area contributed by atoms with Gasteiger partial charge in [-0.05, 0) is 0 Å². The molecule has 2 N–H and O–H groups in total. The summed E-state index contributed by atoms with van der Waals surface area (Å²) in [4.78, 5) is 20.5. The first kappa shape index (κ1) is 7.92. The van der Waals surface area contributed by atoms with Crippen LogP contribution < -0.4 is 10.6 Å². The minimum absolute atomic E-state index is 1.15. The molecule has 10 heavy (non-hydrogen) atoms. The number of hydrogen-bond donors (Lipinski definition) is 2. The number of nitrogens with zero attached hydrogens (tertiary/aromatic N) is 2. The number of hydrogen-bond acceptors (Lipinski definition) is 4. The van der Waals surface area contributed by atoms with Gasteiger partial charge in [0.25, 0.3) is 0 Å². The molecule has 0 heterocycles. The average Bonchev–Trinajstić information content (AvgIpc) is 1.89. The van der Waals surface area contributed by atoms with Gasteiger partial charge >= 0.3 is 11.8 Å². The van der Waals surface area contributed by atoms with E-state index in [9.17, 15) is 9.59 Å². The highest BCUT2D eigenvalue weighted by molar-refractivity contribution is 6.35. The van der Waals surface area contributed by atoms with Gasteiger partial charge in [-0.25, -0.2) is 0 Å². The van der Waals surface area contributed by atoms with Crippen LogP contribution in [-0.4, -0.2) is 11.8 Å². The van der Waals surface area contributed by atoms with E-state index in [0.29, 0.717) is 0 Å². The monoisotopic (exact) mass is 138 g/mol. The van der Waals surface area contributed by atoms with Crippen LogP contribution in [0.5, 0.6) is 0 Å². The average molecular weight is 138 g/mol. The summed E-state index contributed by atoms with van der Waals surface area (Å²) in [7, 11) is 0. The van der Waals surface area contributed by atoms with E-state index < -0.39 is 11.8 Å². The number of amides is 2. The molecule has 50 valence electrons. The van der Waals surface area contributed by atoms with Crippen molar-refractivity contribution in [2.45, 2.75) is 0 Å². The second kappa shape index (κ2) is 3.87. The quantitative estimate of drug-likeness (QED) is 0.233. The lowest BCUT2D eigenvalue weighted by atomic mass is 10.6. The summed E-state index contributed by atoms with van der Waals surface area (Å²) in [6.07, 6.45) is 2.47. The Morgan fingerprint density at radius 2 is 1.30 bits per heavy atom. The highest BCUT2D eigenvalue weighted by atomic mass is 16.2. The predicted octanol–water partition coefficient (Wildman–Crippen LogP) is -1.82. The zero-order valence-corrected chi connectivity index (χ0v) is 4.71. The van der Waals surface area contributed by atoms with Crippen LogP contribution in [0.4, 0.5) is 0 Å². The van der Waals surface area contributed by atoms with Crippen molar-refractivity contribution < 1.29 is 9.59 Å². The molecule has 0 aromatic carbocycles. The molecule has 0 bridgehead atoms. The molecule has 0 atom stereocenters. The molecule has 0 aliphatic heterocycles. The van der Waals surface area contributed by atoms with Crippen LogP contribution >= 0.6 is 0 Å². The van der Waals surface area contributed by atoms with Crippen molar-refractivity contribution in [2.75, 3.05) is 0 Å². The third kappa shape index (κ3) is 2.28. The zero-order chi connectivity index (χ0) is 7.98. The zero-order valence-electron chi connectivity index (χ0n) is 4.71. The maximum atomic E-state index is 10.2. The van der Waals surface area contributed by atoms with Crippen LogP contribution in [0.3, 0.4) is 0 Å². The van der Waals surface area contributed by atoms with Crippen molar-refractivity contribution in [1.29, 1.82) is 10.5 Å². The third-order valence-corrected chi connectivity index (χ3v) is 0.545. The normalized spacial score (nSPS) is 6.60. The molecule has 0 radical (unpaired) electrons. The number of nitriles is 2. The fraction of sp³-hybridized carbons (Fsp3) is 0. The summed E-state index contributed by atoms with van der Waals surface area (Å²) >= 11 is 0. The lowest BCUT2D eigenvalue weighted by Gasteiger charge is -1.89. The number of nitrogens with one attached hydrogen (secondary N) is 2. The fourth-order valence-electron chi connectivity index (χ4n) is 0.215. The van der Waals surface area contributed by atoms with Gasteiger partial charge in [0.05, 0.1) is 0 Å². The van der Waals surface area contributed by atoms with Crippen molar-refractivity contribution in [3.8, 4) is 12.4 Å². The molecule has 0 aromatic heterocycles. The van der Waals surface area contributed by atoms with Crippen molar-refractivity contribution in [1.82, 2.24) is 10.6 Å². The molecule has 0 rings (SSSR count). The van der Waals surface area contributed by atoms with Gasteiger partial charge in [-0.15, -0.1) is 0 Å². The van der Waals surface area contributed by atoms with Crippen molar-refractivity contribution >= 4 is 11.8 Å². The van der Waals surface area contributed by atoms with Crippen LogP contribution in [0.1, 0.15) is 0 Å². The SMILES string of the molecule is N#CNC(=O)C(=O)NC#N. The predicted molar refractivity (Wildman–Crippen MR) is 27.5 cm³/mol. The molecule has 0 aliphatic carbocycles. The Morgan fingerprint density at radius 1 is 1.00 bits per heavy atom. The summed E-state index contributed by atoms with van der Waals surface area (Å²) in [5, 5.41) is 18.7. The van der Waals surface area contributed by atoms with E-state index in [1.165, 1.54) is 23.0 Å². The van der Waals surface area contributed by atoms with Gasteiger partial charge in [0.1, 0.15) is 0 Å². The number of rotatable bonds is 0. The van der Waals surface area contributed by atoms with E-state index in [0.717, 1.165) is 0 Å². The molecule has 0 spiro atoms. The highest BCUT2D eigenvalue weighted by Gasteiger charge is 2.10. The summed E-state index contributed by atoms with van der Waals surface area (Å²) in [5.74, 6) is -2.30. The van der Waals surface area contributed by atoms with Gasteiger partial charge in [0.15, 0.2) is 12.4 Å². The van der Waals surface area contributed by atoms with Crippen LogP contribution in [-0.2, 0) is 9.59 Å². The molecule has 0 saturated heterocycles. The molecule has 0 saturated carbocycles. The Labute approximate surface area is 56.0 Å². The highest BCUT2D eigenvalue weighted by Crippen LogP contribution is 1.63. The van der Waals surface area contributed by atoms with Crippen LogP contribution in [0.25, 0.3) is 0 Å². The standard InChI is InChI=1S/C4H2N4O2/c5-1-7-3(9)4(10)8-2-6/h(H,7,9)(H,8,10). The first-order valence-electron chi connectivity index (χ1n) is 2.11. The number of carbonyl (C=O) groups excluding carboxylic acids is 2. The Morgan fingerprint density at radius 3 is 1.50 bits per heavy atom. The molecular weight excluding hydrogens is 136 g/mol. The van der Waals surface area contributed by atoms with Gasteiger partial charge in [-0.3, -0.25) is 20.2 Å². The van der Waals surface area contributed by atoms with E-state index >= 15 is 0 Å². The van der Waals surface area contributed by atoms with Crippen LogP contribution in [0.2, 0.25) is 0 Å². The van der Waals surface area contributed by atoms with E-state index in [1.807, 2.05) is 0 Å². The smallest absolute Gasteiger partial charge is 0.262 e. The van der Waals surface area contributed by atoms with Gasteiger partial charge in [-0.1, -0.05) is 0 Å². The van der Waals surface area contributed by atoms with Gasteiger partial charge in [-0.2, -0.15) is 10.5 Å². The van der Waals surface area contributed by atoms with E-state index in [1.54, 1.807) is 0 Å². The molecule has 0 fully saturated rings. The fourth-order valence-corrected chi connectivity index (χ4v) is 0.215.